The molecular weight excluding hydrogens is 414 g/mol. The Kier molecular flexibility index (Phi) is 6.11. The third kappa shape index (κ3) is 4.45. The second kappa shape index (κ2) is 8.42. The minimum Gasteiger partial charge on any atom is -0.451 e. The Labute approximate surface area is 172 Å². The van der Waals surface area contributed by atoms with Crippen molar-refractivity contribution >= 4 is 32.5 Å². The predicted octanol–water partition coefficient (Wildman–Crippen LogP) is -0.343. The van der Waals surface area contributed by atoms with Crippen LogP contribution in [0.15, 0.2) is 33.9 Å². The molecule has 2 heterocycles. The van der Waals surface area contributed by atoms with E-state index in [9.17, 15) is 27.6 Å². The van der Waals surface area contributed by atoms with Crippen LogP contribution in [-0.4, -0.2) is 65.2 Å². The van der Waals surface area contributed by atoms with Crippen molar-refractivity contribution in [2.45, 2.75) is 39.0 Å². The summed E-state index contributed by atoms with van der Waals surface area (Å²) < 4.78 is 29.4. The van der Waals surface area contributed by atoms with Gasteiger partial charge in [-0.2, -0.15) is 0 Å². The molecule has 1 aliphatic rings. The fourth-order valence-corrected chi connectivity index (χ4v) is 5.35. The molecule has 0 radical (unpaired) electrons. The highest BCUT2D eigenvalue weighted by Crippen LogP contribution is 2.19. The minimum absolute atomic E-state index is 0.0217. The minimum atomic E-state index is -3.17. The number of nitrogens with zero attached hydrogens (tertiary/aromatic N) is 2. The van der Waals surface area contributed by atoms with Gasteiger partial charge in [0.1, 0.15) is 6.54 Å². The second-order valence-electron chi connectivity index (χ2n) is 7.19. The number of likely N-dealkylation sites (N-methyl/N-ethyl adjacent to an activating group) is 1. The summed E-state index contributed by atoms with van der Waals surface area (Å²) in [5.41, 5.74) is -1.09. The van der Waals surface area contributed by atoms with Crippen LogP contribution in [0.3, 0.4) is 0 Å². The molecule has 2 unspecified atom stereocenters. The molecule has 1 amide bonds. The van der Waals surface area contributed by atoms with Crippen molar-refractivity contribution in [3.63, 3.8) is 0 Å². The fraction of sp³-hybridized carbons (Fsp3) is 0.474. The molecule has 30 heavy (non-hydrogen) atoms. The Balaban J connectivity index is 1.71. The van der Waals surface area contributed by atoms with Gasteiger partial charge >= 0.3 is 5.97 Å². The van der Waals surface area contributed by atoms with Gasteiger partial charge in [-0.3, -0.25) is 24.3 Å². The SMILES string of the molecule is CCN(C(=O)C(C)OC(=O)Cn1[nH]c(=O)c2ccccc2c1=O)C1CCS(=O)(=O)C1. The molecule has 2 atom stereocenters. The van der Waals surface area contributed by atoms with Gasteiger partial charge in [0, 0.05) is 12.6 Å². The highest BCUT2D eigenvalue weighted by atomic mass is 32.2. The molecule has 1 aromatic carbocycles. The number of esters is 1. The van der Waals surface area contributed by atoms with Gasteiger partial charge in [-0.25, -0.2) is 13.1 Å². The Hall–Kier alpha value is -2.95. The molecule has 11 heteroatoms. The number of carbonyl (C=O) groups is 2. The Morgan fingerprint density at radius 2 is 1.93 bits per heavy atom. The zero-order chi connectivity index (χ0) is 22.1. The van der Waals surface area contributed by atoms with E-state index < -0.39 is 51.5 Å². The van der Waals surface area contributed by atoms with E-state index in [4.69, 9.17) is 4.74 Å². The van der Waals surface area contributed by atoms with Crippen molar-refractivity contribution in [2.75, 3.05) is 18.1 Å². The topological polar surface area (TPSA) is 136 Å². The largest absolute Gasteiger partial charge is 0.451 e. The van der Waals surface area contributed by atoms with Gasteiger partial charge in [-0.05, 0) is 32.4 Å². The van der Waals surface area contributed by atoms with Crippen LogP contribution in [0.5, 0.6) is 0 Å². The van der Waals surface area contributed by atoms with Crippen molar-refractivity contribution in [2.24, 2.45) is 0 Å². The number of hydrogen-bond acceptors (Lipinski definition) is 7. The van der Waals surface area contributed by atoms with Crippen LogP contribution in [0.2, 0.25) is 0 Å². The first-order valence-corrected chi connectivity index (χ1v) is 11.4. The highest BCUT2D eigenvalue weighted by molar-refractivity contribution is 7.91. The van der Waals surface area contributed by atoms with Crippen molar-refractivity contribution in [1.82, 2.24) is 14.7 Å². The lowest BCUT2D eigenvalue weighted by molar-refractivity contribution is -0.160. The fourth-order valence-electron chi connectivity index (χ4n) is 3.62. The number of aromatic nitrogens is 2. The van der Waals surface area contributed by atoms with Crippen molar-refractivity contribution in [1.29, 1.82) is 0 Å². The molecule has 0 saturated carbocycles. The summed E-state index contributed by atoms with van der Waals surface area (Å²) in [7, 11) is -3.17. The van der Waals surface area contributed by atoms with Crippen LogP contribution in [-0.2, 0) is 30.7 Å². The summed E-state index contributed by atoms with van der Waals surface area (Å²) in [6, 6.07) is 5.76. The predicted molar refractivity (Wildman–Crippen MR) is 109 cm³/mol. The Bertz CT molecular complexity index is 1200. The molecule has 162 valence electrons. The number of carbonyl (C=O) groups excluding carboxylic acids is 2. The molecule has 0 aliphatic carbocycles. The first kappa shape index (κ1) is 21.8. The van der Waals surface area contributed by atoms with Crippen LogP contribution in [0.1, 0.15) is 20.3 Å². The highest BCUT2D eigenvalue weighted by Gasteiger charge is 2.36. The third-order valence-electron chi connectivity index (χ3n) is 5.10. The van der Waals surface area contributed by atoms with Crippen molar-refractivity contribution in [3.05, 3.63) is 45.0 Å². The number of aromatic amines is 1. The summed E-state index contributed by atoms with van der Waals surface area (Å²) in [4.78, 5) is 51.0. The van der Waals surface area contributed by atoms with E-state index in [-0.39, 0.29) is 28.8 Å². The summed E-state index contributed by atoms with van der Waals surface area (Å²) in [6.07, 6.45) is -0.820. The lowest BCUT2D eigenvalue weighted by atomic mass is 10.2. The van der Waals surface area contributed by atoms with Gasteiger partial charge in [0.2, 0.25) is 0 Å². The van der Waals surface area contributed by atoms with Crippen LogP contribution in [0.4, 0.5) is 0 Å². The number of amides is 1. The van der Waals surface area contributed by atoms with Crippen LogP contribution < -0.4 is 11.1 Å². The maximum Gasteiger partial charge on any atom is 0.328 e. The maximum absolute atomic E-state index is 12.7. The van der Waals surface area contributed by atoms with Crippen LogP contribution in [0, 0.1) is 0 Å². The number of hydrogen-bond donors (Lipinski definition) is 1. The van der Waals surface area contributed by atoms with E-state index in [0.29, 0.717) is 6.42 Å². The number of sulfone groups is 1. The second-order valence-corrected chi connectivity index (χ2v) is 9.42. The zero-order valence-electron chi connectivity index (χ0n) is 16.7. The Morgan fingerprint density at radius 3 is 2.53 bits per heavy atom. The van der Waals surface area contributed by atoms with Crippen molar-refractivity contribution < 1.29 is 22.7 Å². The molecular formula is C19H23N3O7S. The first-order chi connectivity index (χ1) is 14.1. The van der Waals surface area contributed by atoms with E-state index in [1.165, 1.54) is 24.0 Å². The van der Waals surface area contributed by atoms with Crippen molar-refractivity contribution in [3.8, 4) is 0 Å². The molecule has 0 spiro atoms. The van der Waals surface area contributed by atoms with Crippen LogP contribution >= 0.6 is 0 Å². The van der Waals surface area contributed by atoms with E-state index in [2.05, 4.69) is 5.10 Å². The first-order valence-electron chi connectivity index (χ1n) is 9.55. The zero-order valence-corrected chi connectivity index (χ0v) is 17.5. The molecule has 1 aromatic heterocycles. The van der Waals surface area contributed by atoms with E-state index in [0.717, 1.165) is 4.68 Å². The number of H-pyrrole nitrogens is 1. The molecule has 1 N–H and O–H groups in total. The van der Waals surface area contributed by atoms with Gasteiger partial charge < -0.3 is 9.64 Å². The van der Waals surface area contributed by atoms with Gasteiger partial charge in [0.05, 0.1) is 22.3 Å². The average molecular weight is 437 g/mol. The number of benzene rings is 1. The molecule has 10 nitrogen and oxygen atoms in total. The molecule has 1 saturated heterocycles. The summed E-state index contributed by atoms with van der Waals surface area (Å²) >= 11 is 0. The quantitative estimate of drug-likeness (QED) is 0.611. The average Bonchev–Trinajstić information content (AvgIpc) is 3.05. The molecule has 1 aliphatic heterocycles. The molecule has 3 rings (SSSR count). The van der Waals surface area contributed by atoms with E-state index >= 15 is 0 Å². The van der Waals surface area contributed by atoms with E-state index in [1.807, 2.05) is 0 Å². The lowest BCUT2D eigenvalue weighted by Gasteiger charge is -2.29. The number of ether oxygens (including phenoxy) is 1. The van der Waals surface area contributed by atoms with Gasteiger partial charge in [0.25, 0.3) is 17.0 Å². The lowest BCUT2D eigenvalue weighted by Crippen LogP contribution is -2.46. The standard InChI is InChI=1S/C19H23N3O7S/c1-3-21(13-8-9-30(27,28)11-13)18(25)12(2)29-16(23)10-22-19(26)15-7-5-4-6-14(15)17(24)20-22/h4-7,12-13H,3,8-11H2,1-2H3,(H,20,24). The van der Waals surface area contributed by atoms with Crippen LogP contribution in [0.25, 0.3) is 10.8 Å². The molecule has 1 fully saturated rings. The van der Waals surface area contributed by atoms with Gasteiger partial charge in [-0.15, -0.1) is 0 Å². The van der Waals surface area contributed by atoms with E-state index in [1.54, 1.807) is 19.1 Å². The summed E-state index contributed by atoms with van der Waals surface area (Å²) in [6.45, 7) is 2.81. The summed E-state index contributed by atoms with van der Waals surface area (Å²) in [5, 5.41) is 2.70. The smallest absolute Gasteiger partial charge is 0.328 e. The Morgan fingerprint density at radius 1 is 1.27 bits per heavy atom. The van der Waals surface area contributed by atoms with Gasteiger partial charge in [-0.1, -0.05) is 12.1 Å². The normalized spacial score (nSPS) is 18.8. The molecule has 2 aromatic rings. The number of rotatable bonds is 6. The summed E-state index contributed by atoms with van der Waals surface area (Å²) in [5.74, 6) is -1.47. The van der Waals surface area contributed by atoms with Gasteiger partial charge in [0.15, 0.2) is 15.9 Å². The maximum atomic E-state index is 12.7. The third-order valence-corrected chi connectivity index (χ3v) is 6.85. The molecule has 0 bridgehead atoms. The number of fused-ring (bicyclic) bond motifs is 1. The number of nitrogens with one attached hydrogen (secondary N) is 1. The monoisotopic (exact) mass is 437 g/mol.